The first-order valence-corrected chi connectivity index (χ1v) is 12.9. The molecule has 0 bridgehead atoms. The summed E-state index contributed by atoms with van der Waals surface area (Å²) in [6, 6.07) is 17.7. The van der Waals surface area contributed by atoms with Crippen molar-refractivity contribution in [3.63, 3.8) is 0 Å². The second kappa shape index (κ2) is 11.9. The van der Waals surface area contributed by atoms with Gasteiger partial charge in [0.2, 0.25) is 15.9 Å². The summed E-state index contributed by atoms with van der Waals surface area (Å²) < 4.78 is 44.9. The maximum absolute atomic E-state index is 13.4. The Kier molecular flexibility index (Phi) is 8.95. The zero-order valence-corrected chi connectivity index (χ0v) is 21.9. The molecule has 0 aliphatic rings. The molecule has 0 heterocycles. The van der Waals surface area contributed by atoms with Crippen LogP contribution in [0, 0.1) is 6.92 Å². The van der Waals surface area contributed by atoms with E-state index < -0.39 is 28.0 Å². The van der Waals surface area contributed by atoms with Crippen molar-refractivity contribution in [2.75, 3.05) is 21.3 Å². The maximum atomic E-state index is 13.4. The second-order valence-corrected chi connectivity index (χ2v) is 10.1. The summed E-state index contributed by atoms with van der Waals surface area (Å²) in [6.07, 6.45) is 0.180. The molecule has 0 unspecified atom stereocenters. The van der Waals surface area contributed by atoms with Crippen molar-refractivity contribution in [3.8, 4) is 17.2 Å². The number of hydrogen-bond donors (Lipinski definition) is 2. The Labute approximate surface area is 212 Å². The van der Waals surface area contributed by atoms with Gasteiger partial charge >= 0.3 is 0 Å². The minimum absolute atomic E-state index is 0.0552. The minimum atomic E-state index is -4.00. The number of carbonyl (C=O) groups excluding carboxylic acids is 1. The maximum Gasteiger partial charge on any atom is 0.241 e. The first-order chi connectivity index (χ1) is 17.2. The Morgan fingerprint density at radius 2 is 1.50 bits per heavy atom. The fourth-order valence-corrected chi connectivity index (χ4v) is 5.11. The van der Waals surface area contributed by atoms with Crippen LogP contribution in [0.1, 0.15) is 29.7 Å². The van der Waals surface area contributed by atoms with E-state index in [4.69, 9.17) is 14.2 Å². The molecule has 3 aromatic carbocycles. The van der Waals surface area contributed by atoms with Gasteiger partial charge in [-0.05, 0) is 67.3 Å². The molecule has 8 nitrogen and oxygen atoms in total. The predicted molar refractivity (Wildman–Crippen MR) is 138 cm³/mol. The van der Waals surface area contributed by atoms with Crippen LogP contribution < -0.4 is 24.2 Å². The summed E-state index contributed by atoms with van der Waals surface area (Å²) in [4.78, 5) is 13.4. The van der Waals surface area contributed by atoms with Gasteiger partial charge in [0.15, 0.2) is 11.5 Å². The number of nitrogens with one attached hydrogen (secondary N) is 2. The third-order valence-electron chi connectivity index (χ3n) is 5.84. The van der Waals surface area contributed by atoms with Crippen LogP contribution >= 0.6 is 0 Å². The van der Waals surface area contributed by atoms with Gasteiger partial charge in [0.05, 0.1) is 32.3 Å². The van der Waals surface area contributed by atoms with Gasteiger partial charge in [-0.15, -0.1) is 0 Å². The average Bonchev–Trinajstić information content (AvgIpc) is 2.88. The van der Waals surface area contributed by atoms with Crippen molar-refractivity contribution in [3.05, 3.63) is 83.4 Å². The summed E-state index contributed by atoms with van der Waals surface area (Å²) in [7, 11) is 0.614. The van der Waals surface area contributed by atoms with Gasteiger partial charge in [-0.1, -0.05) is 36.4 Å². The number of aryl methyl sites for hydroxylation is 1. The van der Waals surface area contributed by atoms with Crippen molar-refractivity contribution >= 4 is 15.9 Å². The normalized spacial score (nSPS) is 12.9. The van der Waals surface area contributed by atoms with Gasteiger partial charge in [0.1, 0.15) is 11.8 Å². The van der Waals surface area contributed by atoms with E-state index in [9.17, 15) is 13.2 Å². The molecular formula is C27H32N2O6S. The van der Waals surface area contributed by atoms with Crippen LogP contribution in [-0.2, 0) is 21.2 Å². The Bertz CT molecular complexity index is 1290. The van der Waals surface area contributed by atoms with Crippen molar-refractivity contribution in [1.82, 2.24) is 10.0 Å². The van der Waals surface area contributed by atoms with Crippen molar-refractivity contribution in [2.45, 2.75) is 37.2 Å². The van der Waals surface area contributed by atoms with Gasteiger partial charge < -0.3 is 19.5 Å². The first-order valence-electron chi connectivity index (χ1n) is 11.4. The van der Waals surface area contributed by atoms with E-state index in [0.29, 0.717) is 22.8 Å². The number of hydrogen-bond acceptors (Lipinski definition) is 6. The molecule has 3 rings (SSSR count). The van der Waals surface area contributed by atoms with Gasteiger partial charge in [-0.2, -0.15) is 4.72 Å². The van der Waals surface area contributed by atoms with Crippen molar-refractivity contribution in [1.29, 1.82) is 0 Å². The van der Waals surface area contributed by atoms with Gasteiger partial charge in [-0.25, -0.2) is 8.42 Å². The third kappa shape index (κ3) is 6.56. The standard InChI is InChI=1S/C27H32N2O6S/c1-18-15-22(12-14-24(18)33-3)36(31,32)29-23(16-20-9-7-6-8-10-20)27(30)28-19(2)21-11-13-25(34-4)26(17-21)35-5/h6-15,17,19,23,29H,16H2,1-5H3,(H,28,30)/t19-,23+/m0/s1. The number of carbonyl (C=O) groups is 1. The summed E-state index contributed by atoms with van der Waals surface area (Å²) >= 11 is 0. The molecule has 2 N–H and O–H groups in total. The highest BCUT2D eigenvalue weighted by atomic mass is 32.2. The lowest BCUT2D eigenvalue weighted by atomic mass is 10.0. The molecule has 0 radical (unpaired) electrons. The van der Waals surface area contributed by atoms with E-state index in [-0.39, 0.29) is 11.3 Å². The first kappa shape index (κ1) is 27.0. The smallest absolute Gasteiger partial charge is 0.241 e. The molecule has 0 aromatic heterocycles. The lowest BCUT2D eigenvalue weighted by molar-refractivity contribution is -0.123. The van der Waals surface area contributed by atoms with Crippen LogP contribution in [0.5, 0.6) is 17.2 Å². The topological polar surface area (TPSA) is 103 Å². The second-order valence-electron chi connectivity index (χ2n) is 8.34. The van der Waals surface area contributed by atoms with E-state index in [0.717, 1.165) is 11.1 Å². The van der Waals surface area contributed by atoms with Crippen LogP contribution in [-0.4, -0.2) is 41.7 Å². The Balaban J connectivity index is 1.86. The molecule has 1 amide bonds. The predicted octanol–water partition coefficient (Wildman–Crippen LogP) is 3.79. The van der Waals surface area contributed by atoms with E-state index >= 15 is 0 Å². The average molecular weight is 513 g/mol. The van der Waals surface area contributed by atoms with Crippen LogP contribution in [0.2, 0.25) is 0 Å². The molecule has 0 saturated heterocycles. The van der Waals surface area contributed by atoms with Crippen LogP contribution in [0.25, 0.3) is 0 Å². The molecule has 0 aliphatic carbocycles. The van der Waals surface area contributed by atoms with Gasteiger partial charge in [0, 0.05) is 0 Å². The number of sulfonamides is 1. The Morgan fingerprint density at radius 1 is 0.861 bits per heavy atom. The molecule has 36 heavy (non-hydrogen) atoms. The summed E-state index contributed by atoms with van der Waals surface area (Å²) in [5, 5.41) is 2.93. The van der Waals surface area contributed by atoms with Crippen molar-refractivity contribution < 1.29 is 27.4 Å². The van der Waals surface area contributed by atoms with Crippen LogP contribution in [0.15, 0.2) is 71.6 Å². The fraction of sp³-hybridized carbons (Fsp3) is 0.296. The van der Waals surface area contributed by atoms with Crippen LogP contribution in [0.4, 0.5) is 0 Å². The van der Waals surface area contributed by atoms with E-state index in [1.165, 1.54) is 26.4 Å². The monoisotopic (exact) mass is 512 g/mol. The molecule has 0 spiro atoms. The van der Waals surface area contributed by atoms with Crippen LogP contribution in [0.3, 0.4) is 0 Å². The highest BCUT2D eigenvalue weighted by Gasteiger charge is 2.28. The number of methoxy groups -OCH3 is 3. The Hall–Kier alpha value is -3.56. The third-order valence-corrected chi connectivity index (χ3v) is 7.31. The summed E-state index contributed by atoms with van der Waals surface area (Å²) in [5.74, 6) is 1.24. The quantitative estimate of drug-likeness (QED) is 0.405. The number of ether oxygens (including phenoxy) is 3. The van der Waals surface area contributed by atoms with E-state index in [1.807, 2.05) is 43.3 Å². The molecular weight excluding hydrogens is 480 g/mol. The molecule has 0 aliphatic heterocycles. The minimum Gasteiger partial charge on any atom is -0.496 e. The highest BCUT2D eigenvalue weighted by molar-refractivity contribution is 7.89. The zero-order valence-electron chi connectivity index (χ0n) is 21.1. The summed E-state index contributed by atoms with van der Waals surface area (Å²) in [6.45, 7) is 3.58. The lowest BCUT2D eigenvalue weighted by Crippen LogP contribution is -2.48. The van der Waals surface area contributed by atoms with Gasteiger partial charge in [-0.3, -0.25) is 4.79 Å². The molecule has 192 valence electrons. The number of amides is 1. The SMILES string of the molecule is COc1ccc(S(=O)(=O)N[C@H](Cc2ccccc2)C(=O)N[C@@H](C)c2ccc(OC)c(OC)c2)cc1C. The highest BCUT2D eigenvalue weighted by Crippen LogP contribution is 2.30. The number of benzene rings is 3. The van der Waals surface area contributed by atoms with Crippen molar-refractivity contribution in [2.24, 2.45) is 0 Å². The molecule has 3 aromatic rings. The molecule has 9 heteroatoms. The molecule has 0 fully saturated rings. The Morgan fingerprint density at radius 3 is 2.11 bits per heavy atom. The molecule has 2 atom stereocenters. The molecule has 0 saturated carbocycles. The number of rotatable bonds is 11. The van der Waals surface area contributed by atoms with Gasteiger partial charge in [0.25, 0.3) is 0 Å². The fourth-order valence-electron chi connectivity index (χ4n) is 3.83. The zero-order chi connectivity index (χ0) is 26.3. The summed E-state index contributed by atoms with van der Waals surface area (Å²) in [5.41, 5.74) is 2.28. The van der Waals surface area contributed by atoms with E-state index in [1.54, 1.807) is 32.2 Å². The van der Waals surface area contributed by atoms with E-state index in [2.05, 4.69) is 10.0 Å². The largest absolute Gasteiger partial charge is 0.496 e. The lowest BCUT2D eigenvalue weighted by Gasteiger charge is -2.22.